The molecule has 3 nitrogen and oxygen atoms in total. The zero-order valence-corrected chi connectivity index (χ0v) is 16.2. The Morgan fingerprint density at radius 3 is 2.60 bits per heavy atom. The normalized spacial score (nSPS) is 16.4. The first-order valence-electron chi connectivity index (χ1n) is 7.59. The summed E-state index contributed by atoms with van der Waals surface area (Å²) in [5.41, 5.74) is 0.973. The van der Waals surface area contributed by atoms with Crippen LogP contribution in [0.3, 0.4) is 0 Å². The molecule has 2 aromatic carbocycles. The maximum absolute atomic E-state index is 12.7. The van der Waals surface area contributed by atoms with Gasteiger partial charge in [0.1, 0.15) is 0 Å². The minimum atomic E-state index is -0.229. The summed E-state index contributed by atoms with van der Waals surface area (Å²) >= 11 is 5.94. The summed E-state index contributed by atoms with van der Waals surface area (Å²) in [5, 5.41) is 1.95. The molecule has 1 aliphatic heterocycles. The molecule has 4 rings (SSSR count). The number of amides is 2. The van der Waals surface area contributed by atoms with Crippen molar-refractivity contribution in [2.45, 2.75) is 6.54 Å². The third kappa shape index (κ3) is 3.29. The van der Waals surface area contributed by atoms with Crippen LogP contribution in [-0.4, -0.2) is 16.0 Å². The summed E-state index contributed by atoms with van der Waals surface area (Å²) in [4.78, 5) is 27.8. The van der Waals surface area contributed by atoms with E-state index in [1.54, 1.807) is 6.08 Å². The molecule has 124 valence electrons. The third-order valence-electron chi connectivity index (χ3n) is 3.95. The monoisotopic (exact) mass is 429 g/mol. The van der Waals surface area contributed by atoms with E-state index < -0.39 is 0 Å². The van der Waals surface area contributed by atoms with E-state index in [0.717, 1.165) is 36.8 Å². The molecular weight excluding hydrogens is 418 g/mol. The maximum Gasteiger partial charge on any atom is 0.293 e. The van der Waals surface area contributed by atoms with E-state index in [0.29, 0.717) is 4.91 Å². The van der Waals surface area contributed by atoms with Crippen molar-refractivity contribution in [3.05, 3.63) is 73.7 Å². The minimum Gasteiger partial charge on any atom is -0.268 e. The van der Waals surface area contributed by atoms with Crippen LogP contribution in [0.1, 0.15) is 10.4 Å². The predicted molar refractivity (Wildman–Crippen MR) is 107 cm³/mol. The van der Waals surface area contributed by atoms with Crippen LogP contribution in [0.15, 0.2) is 63.3 Å². The van der Waals surface area contributed by atoms with Gasteiger partial charge in [-0.1, -0.05) is 42.5 Å². The van der Waals surface area contributed by atoms with Crippen molar-refractivity contribution in [2.75, 3.05) is 0 Å². The number of rotatable bonds is 3. The Morgan fingerprint density at radius 1 is 1.00 bits per heavy atom. The van der Waals surface area contributed by atoms with Crippen molar-refractivity contribution in [3.8, 4) is 0 Å². The number of hydrogen-bond acceptors (Lipinski definition) is 4. The van der Waals surface area contributed by atoms with Gasteiger partial charge >= 0.3 is 0 Å². The fraction of sp³-hybridized carbons (Fsp3) is 0.0526. The van der Waals surface area contributed by atoms with Crippen LogP contribution in [0.5, 0.6) is 0 Å². The smallest absolute Gasteiger partial charge is 0.268 e. The van der Waals surface area contributed by atoms with E-state index in [-0.39, 0.29) is 17.7 Å². The summed E-state index contributed by atoms with van der Waals surface area (Å²) < 4.78 is 0.994. The summed E-state index contributed by atoms with van der Waals surface area (Å²) in [7, 11) is 0. The summed E-state index contributed by atoms with van der Waals surface area (Å²) in [5.74, 6) is -0.229. The predicted octanol–water partition coefficient (Wildman–Crippen LogP) is 5.90. The molecule has 25 heavy (non-hydrogen) atoms. The van der Waals surface area contributed by atoms with Gasteiger partial charge in [0.2, 0.25) is 0 Å². The lowest BCUT2D eigenvalue weighted by atomic mass is 10.0. The molecule has 0 aliphatic carbocycles. The molecule has 1 fully saturated rings. The number of carbonyl (C=O) groups excluding carboxylic acids is 2. The fourth-order valence-corrected chi connectivity index (χ4v) is 5.04. The lowest BCUT2D eigenvalue weighted by molar-refractivity contribution is -0.123. The maximum atomic E-state index is 12.7. The summed E-state index contributed by atoms with van der Waals surface area (Å²) in [6.45, 7) is 0.289. The standard InChI is InChI=1S/C19H12BrNO2S2/c20-17-9-8-14(24-17)10-16-18(22)21(19(23)25-16)11-13-6-3-5-12-4-1-2-7-15(12)13/h1-10H,11H2/b16-10+. The van der Waals surface area contributed by atoms with Crippen molar-refractivity contribution < 1.29 is 9.59 Å². The second-order valence-electron chi connectivity index (χ2n) is 5.55. The van der Waals surface area contributed by atoms with Crippen LogP contribution in [0.25, 0.3) is 16.8 Å². The molecule has 0 saturated carbocycles. The zero-order chi connectivity index (χ0) is 17.4. The number of halogens is 1. The number of thioether (sulfide) groups is 1. The molecule has 2 amide bonds. The topological polar surface area (TPSA) is 37.4 Å². The molecule has 1 aromatic heterocycles. The van der Waals surface area contributed by atoms with E-state index in [1.165, 1.54) is 16.2 Å². The second kappa shape index (κ2) is 6.78. The van der Waals surface area contributed by atoms with Gasteiger partial charge in [-0.3, -0.25) is 14.5 Å². The van der Waals surface area contributed by atoms with Crippen molar-refractivity contribution in [1.29, 1.82) is 0 Å². The Labute approximate surface area is 161 Å². The van der Waals surface area contributed by atoms with Crippen LogP contribution >= 0.6 is 39.0 Å². The van der Waals surface area contributed by atoms with Gasteiger partial charge in [-0.05, 0) is 62.2 Å². The highest BCUT2D eigenvalue weighted by Crippen LogP contribution is 2.35. The Morgan fingerprint density at radius 2 is 1.80 bits per heavy atom. The van der Waals surface area contributed by atoms with Gasteiger partial charge in [-0.15, -0.1) is 11.3 Å². The van der Waals surface area contributed by atoms with Crippen LogP contribution in [0, 0.1) is 0 Å². The quantitative estimate of drug-likeness (QED) is 0.486. The molecule has 0 bridgehead atoms. The Balaban J connectivity index is 1.63. The first kappa shape index (κ1) is 16.6. The first-order chi connectivity index (χ1) is 12.1. The van der Waals surface area contributed by atoms with Gasteiger partial charge in [-0.25, -0.2) is 0 Å². The molecule has 2 heterocycles. The molecule has 1 aliphatic rings. The number of benzene rings is 2. The summed E-state index contributed by atoms with van der Waals surface area (Å²) in [6, 6.07) is 17.8. The largest absolute Gasteiger partial charge is 0.293 e. The molecule has 6 heteroatoms. The Bertz CT molecular complexity index is 1020. The third-order valence-corrected chi connectivity index (χ3v) is 6.43. The molecule has 3 aromatic rings. The number of imide groups is 1. The second-order valence-corrected chi connectivity index (χ2v) is 9.04. The Hall–Kier alpha value is -1.89. The first-order valence-corrected chi connectivity index (χ1v) is 10.0. The van der Waals surface area contributed by atoms with E-state index in [1.807, 2.05) is 54.6 Å². The van der Waals surface area contributed by atoms with Crippen molar-refractivity contribution in [1.82, 2.24) is 4.90 Å². The van der Waals surface area contributed by atoms with Gasteiger partial charge in [0, 0.05) is 4.88 Å². The molecule has 0 spiro atoms. The van der Waals surface area contributed by atoms with Gasteiger partial charge < -0.3 is 0 Å². The number of nitrogens with zero attached hydrogens (tertiary/aromatic N) is 1. The fourth-order valence-electron chi connectivity index (χ4n) is 2.77. The van der Waals surface area contributed by atoms with Crippen LogP contribution in [0.4, 0.5) is 4.79 Å². The molecule has 0 atom stereocenters. The lowest BCUT2D eigenvalue weighted by Gasteiger charge is -2.14. The number of fused-ring (bicyclic) bond motifs is 1. The highest BCUT2D eigenvalue weighted by molar-refractivity contribution is 9.11. The van der Waals surface area contributed by atoms with Gasteiger partial charge in [-0.2, -0.15) is 0 Å². The van der Waals surface area contributed by atoms with Crippen LogP contribution in [-0.2, 0) is 11.3 Å². The molecule has 0 unspecified atom stereocenters. The van der Waals surface area contributed by atoms with E-state index in [4.69, 9.17) is 0 Å². The minimum absolute atomic E-state index is 0.222. The SMILES string of the molecule is O=C1S/C(=C/c2ccc(Br)s2)C(=O)N1Cc1cccc2ccccc12. The number of hydrogen-bond donors (Lipinski definition) is 0. The highest BCUT2D eigenvalue weighted by atomic mass is 79.9. The number of carbonyl (C=O) groups is 2. The molecule has 0 radical (unpaired) electrons. The van der Waals surface area contributed by atoms with Gasteiger partial charge in [0.05, 0.1) is 15.2 Å². The average Bonchev–Trinajstić information content (AvgIpc) is 3.13. The van der Waals surface area contributed by atoms with Crippen molar-refractivity contribution in [2.24, 2.45) is 0 Å². The highest BCUT2D eigenvalue weighted by Gasteiger charge is 2.35. The van der Waals surface area contributed by atoms with Gasteiger partial charge in [0.15, 0.2) is 0 Å². The van der Waals surface area contributed by atoms with Crippen LogP contribution in [0.2, 0.25) is 0 Å². The lowest BCUT2D eigenvalue weighted by Crippen LogP contribution is -2.27. The average molecular weight is 430 g/mol. The molecule has 1 saturated heterocycles. The van der Waals surface area contributed by atoms with Crippen molar-refractivity contribution in [3.63, 3.8) is 0 Å². The zero-order valence-electron chi connectivity index (χ0n) is 12.9. The van der Waals surface area contributed by atoms with E-state index >= 15 is 0 Å². The van der Waals surface area contributed by atoms with E-state index in [2.05, 4.69) is 15.9 Å². The molecular formula is C19H12BrNO2S2. The molecule has 0 N–H and O–H groups in total. The van der Waals surface area contributed by atoms with E-state index in [9.17, 15) is 9.59 Å². The van der Waals surface area contributed by atoms with Crippen LogP contribution < -0.4 is 0 Å². The van der Waals surface area contributed by atoms with Gasteiger partial charge in [0.25, 0.3) is 11.1 Å². The Kier molecular flexibility index (Phi) is 4.50. The summed E-state index contributed by atoms with van der Waals surface area (Å²) in [6.07, 6.45) is 1.78. The van der Waals surface area contributed by atoms with Crippen molar-refractivity contribution >= 4 is 67.0 Å². The number of thiophene rings is 1.